The highest BCUT2D eigenvalue weighted by molar-refractivity contribution is 5.97. The van der Waals surface area contributed by atoms with Gasteiger partial charge in [-0.2, -0.15) is 0 Å². The van der Waals surface area contributed by atoms with Crippen LogP contribution < -0.4 is 16.0 Å². The molecule has 0 aromatic heterocycles. The van der Waals surface area contributed by atoms with Crippen LogP contribution in [0.1, 0.15) is 25.8 Å². The molecule has 6 nitrogen and oxygen atoms in total. The number of amides is 3. The molecule has 0 fully saturated rings. The van der Waals surface area contributed by atoms with Gasteiger partial charge in [-0.25, -0.2) is 0 Å². The summed E-state index contributed by atoms with van der Waals surface area (Å²) < 4.78 is 0. The molecule has 0 saturated heterocycles. The lowest BCUT2D eigenvalue weighted by Gasteiger charge is -2.13. The van der Waals surface area contributed by atoms with Gasteiger partial charge in [-0.15, -0.1) is 0 Å². The standard InChI is InChI=1S/C20H23N3O3/c1-14(21-15(2)24)20(26)23-18-11-9-17(10-12-18)22-19(25)13-8-16-6-4-3-5-7-16/h3-7,9-12,14H,8,13H2,1-2H3,(H,21,24)(H,22,25)(H,23,26)/t14-/m0/s1. The third-order valence-electron chi connectivity index (χ3n) is 3.73. The molecule has 3 amide bonds. The number of carbonyl (C=O) groups is 3. The molecule has 1 atom stereocenters. The van der Waals surface area contributed by atoms with Crippen LogP contribution in [0.2, 0.25) is 0 Å². The Hall–Kier alpha value is -3.15. The molecule has 26 heavy (non-hydrogen) atoms. The number of rotatable bonds is 7. The zero-order chi connectivity index (χ0) is 18.9. The second kappa shape index (κ2) is 9.36. The van der Waals surface area contributed by atoms with Gasteiger partial charge >= 0.3 is 0 Å². The monoisotopic (exact) mass is 353 g/mol. The van der Waals surface area contributed by atoms with E-state index in [0.717, 1.165) is 5.56 Å². The molecular weight excluding hydrogens is 330 g/mol. The first kappa shape index (κ1) is 19.2. The molecule has 0 radical (unpaired) electrons. The van der Waals surface area contributed by atoms with Crippen LogP contribution in [-0.4, -0.2) is 23.8 Å². The molecule has 0 spiro atoms. The quantitative estimate of drug-likeness (QED) is 0.715. The van der Waals surface area contributed by atoms with Crippen molar-refractivity contribution in [2.45, 2.75) is 32.7 Å². The van der Waals surface area contributed by atoms with Crippen molar-refractivity contribution in [3.05, 3.63) is 60.2 Å². The Bertz CT molecular complexity index is 758. The maximum atomic E-state index is 12.0. The average Bonchev–Trinajstić information content (AvgIpc) is 2.62. The van der Waals surface area contributed by atoms with E-state index in [2.05, 4.69) is 16.0 Å². The third kappa shape index (κ3) is 6.39. The number of hydrogen-bond donors (Lipinski definition) is 3. The van der Waals surface area contributed by atoms with Gasteiger partial charge < -0.3 is 16.0 Å². The fourth-order valence-corrected chi connectivity index (χ4v) is 2.38. The Labute approximate surface area is 153 Å². The molecule has 2 aromatic rings. The Morgan fingerprint density at radius 1 is 0.885 bits per heavy atom. The summed E-state index contributed by atoms with van der Waals surface area (Å²) >= 11 is 0. The van der Waals surface area contributed by atoms with Crippen LogP contribution in [0.25, 0.3) is 0 Å². The summed E-state index contributed by atoms with van der Waals surface area (Å²) in [5, 5.41) is 8.06. The second-order valence-corrected chi connectivity index (χ2v) is 6.02. The third-order valence-corrected chi connectivity index (χ3v) is 3.73. The molecule has 0 unspecified atom stereocenters. The van der Waals surface area contributed by atoms with E-state index in [0.29, 0.717) is 24.2 Å². The van der Waals surface area contributed by atoms with Gasteiger partial charge in [0.25, 0.3) is 0 Å². The minimum Gasteiger partial charge on any atom is -0.345 e. The van der Waals surface area contributed by atoms with Crippen LogP contribution in [0.15, 0.2) is 54.6 Å². The summed E-state index contributed by atoms with van der Waals surface area (Å²) in [6.07, 6.45) is 1.08. The number of anilines is 2. The van der Waals surface area contributed by atoms with E-state index < -0.39 is 6.04 Å². The first-order valence-corrected chi connectivity index (χ1v) is 8.46. The summed E-state index contributed by atoms with van der Waals surface area (Å²) in [5.74, 6) is -0.633. The van der Waals surface area contributed by atoms with Gasteiger partial charge in [0.2, 0.25) is 17.7 Å². The minimum atomic E-state index is -0.620. The van der Waals surface area contributed by atoms with Gasteiger partial charge in [-0.05, 0) is 43.2 Å². The molecule has 0 aliphatic heterocycles. The fraction of sp³-hybridized carbons (Fsp3) is 0.250. The lowest BCUT2D eigenvalue weighted by Crippen LogP contribution is -2.40. The minimum absolute atomic E-state index is 0.0649. The molecule has 0 aliphatic rings. The lowest BCUT2D eigenvalue weighted by molar-refractivity contribution is -0.124. The van der Waals surface area contributed by atoms with E-state index >= 15 is 0 Å². The van der Waals surface area contributed by atoms with Crippen LogP contribution in [-0.2, 0) is 20.8 Å². The Morgan fingerprint density at radius 3 is 2.04 bits per heavy atom. The maximum absolute atomic E-state index is 12.0. The van der Waals surface area contributed by atoms with Gasteiger partial charge in [0.05, 0.1) is 0 Å². The number of benzene rings is 2. The molecule has 136 valence electrons. The van der Waals surface area contributed by atoms with Gasteiger partial charge in [0.15, 0.2) is 0 Å². The van der Waals surface area contributed by atoms with Crippen molar-refractivity contribution in [2.75, 3.05) is 10.6 Å². The van der Waals surface area contributed by atoms with E-state index in [1.54, 1.807) is 31.2 Å². The van der Waals surface area contributed by atoms with E-state index in [4.69, 9.17) is 0 Å². The fourth-order valence-electron chi connectivity index (χ4n) is 2.38. The summed E-state index contributed by atoms with van der Waals surface area (Å²) in [6, 6.07) is 16.1. The molecule has 2 rings (SSSR count). The van der Waals surface area contributed by atoms with E-state index in [1.807, 2.05) is 30.3 Å². The van der Waals surface area contributed by atoms with Gasteiger partial charge in [0.1, 0.15) is 6.04 Å². The zero-order valence-corrected chi connectivity index (χ0v) is 14.9. The smallest absolute Gasteiger partial charge is 0.246 e. The van der Waals surface area contributed by atoms with Gasteiger partial charge in [-0.1, -0.05) is 30.3 Å². The Balaban J connectivity index is 1.82. The highest BCUT2D eigenvalue weighted by Gasteiger charge is 2.13. The molecule has 2 aromatic carbocycles. The first-order chi connectivity index (χ1) is 12.4. The van der Waals surface area contributed by atoms with Crippen molar-refractivity contribution in [3.63, 3.8) is 0 Å². The van der Waals surface area contributed by atoms with Crippen molar-refractivity contribution in [1.82, 2.24) is 5.32 Å². The summed E-state index contributed by atoms with van der Waals surface area (Å²) in [6.45, 7) is 2.97. The van der Waals surface area contributed by atoms with Crippen LogP contribution in [0.5, 0.6) is 0 Å². The highest BCUT2D eigenvalue weighted by atomic mass is 16.2. The number of hydrogen-bond acceptors (Lipinski definition) is 3. The number of aryl methyl sites for hydroxylation is 1. The Kier molecular flexibility index (Phi) is 6.91. The highest BCUT2D eigenvalue weighted by Crippen LogP contribution is 2.14. The van der Waals surface area contributed by atoms with Crippen molar-refractivity contribution >= 4 is 29.1 Å². The summed E-state index contributed by atoms with van der Waals surface area (Å²) in [5.41, 5.74) is 2.37. The maximum Gasteiger partial charge on any atom is 0.246 e. The molecule has 6 heteroatoms. The zero-order valence-electron chi connectivity index (χ0n) is 14.9. The van der Waals surface area contributed by atoms with Crippen LogP contribution in [0.3, 0.4) is 0 Å². The van der Waals surface area contributed by atoms with Crippen molar-refractivity contribution in [1.29, 1.82) is 0 Å². The van der Waals surface area contributed by atoms with Crippen LogP contribution in [0, 0.1) is 0 Å². The number of nitrogens with one attached hydrogen (secondary N) is 3. The van der Waals surface area contributed by atoms with Gasteiger partial charge in [-0.3, -0.25) is 14.4 Å². The normalized spacial score (nSPS) is 11.3. The SMILES string of the molecule is CC(=O)N[C@@H](C)C(=O)Nc1ccc(NC(=O)CCc2ccccc2)cc1. The molecule has 0 heterocycles. The first-order valence-electron chi connectivity index (χ1n) is 8.46. The molecule has 3 N–H and O–H groups in total. The van der Waals surface area contributed by atoms with Crippen LogP contribution >= 0.6 is 0 Å². The molecule has 0 aliphatic carbocycles. The topological polar surface area (TPSA) is 87.3 Å². The predicted molar refractivity (Wildman–Crippen MR) is 102 cm³/mol. The largest absolute Gasteiger partial charge is 0.345 e. The second-order valence-electron chi connectivity index (χ2n) is 6.02. The summed E-state index contributed by atoms with van der Waals surface area (Å²) in [4.78, 5) is 34.9. The average molecular weight is 353 g/mol. The van der Waals surface area contributed by atoms with Gasteiger partial charge in [0, 0.05) is 24.7 Å². The molecular formula is C20H23N3O3. The lowest BCUT2D eigenvalue weighted by atomic mass is 10.1. The molecule has 0 bridgehead atoms. The number of carbonyl (C=O) groups excluding carboxylic acids is 3. The van der Waals surface area contributed by atoms with E-state index in [9.17, 15) is 14.4 Å². The van der Waals surface area contributed by atoms with Crippen molar-refractivity contribution in [3.8, 4) is 0 Å². The van der Waals surface area contributed by atoms with Crippen molar-refractivity contribution < 1.29 is 14.4 Å². The van der Waals surface area contributed by atoms with E-state index in [-0.39, 0.29) is 17.7 Å². The Morgan fingerprint density at radius 2 is 1.46 bits per heavy atom. The van der Waals surface area contributed by atoms with E-state index in [1.165, 1.54) is 6.92 Å². The summed E-state index contributed by atoms with van der Waals surface area (Å²) in [7, 11) is 0. The van der Waals surface area contributed by atoms with Crippen molar-refractivity contribution in [2.24, 2.45) is 0 Å². The van der Waals surface area contributed by atoms with Crippen LogP contribution in [0.4, 0.5) is 11.4 Å². The molecule has 0 saturated carbocycles. The predicted octanol–water partition coefficient (Wildman–Crippen LogP) is 2.72.